The van der Waals surface area contributed by atoms with Crippen LogP contribution in [-0.2, 0) is 12.8 Å². The normalized spacial score (nSPS) is 10.1. The highest BCUT2D eigenvalue weighted by atomic mass is 14.3. The minimum atomic E-state index is 1.09. The molecular weight excluding hydrogens is 372 g/mol. The fourth-order valence-corrected chi connectivity index (χ4v) is 3.77. The molecule has 0 heteroatoms. The lowest BCUT2D eigenvalue weighted by molar-refractivity contribution is 1.09. The van der Waals surface area contributed by atoms with E-state index < -0.39 is 0 Å². The minimum Gasteiger partial charge on any atom is -0.0683 e. The summed E-state index contributed by atoms with van der Waals surface area (Å²) < 4.78 is 0. The molecule has 0 N–H and O–H groups in total. The van der Waals surface area contributed by atoms with E-state index >= 15 is 0 Å². The van der Waals surface area contributed by atoms with Gasteiger partial charge in [0.25, 0.3) is 0 Å². The molecule has 31 heavy (non-hydrogen) atoms. The van der Waals surface area contributed by atoms with E-state index in [2.05, 4.69) is 74.5 Å². The Morgan fingerprint density at radius 2 is 0.774 bits per heavy atom. The van der Waals surface area contributed by atoms with Crippen molar-refractivity contribution in [1.82, 2.24) is 0 Å². The highest BCUT2D eigenvalue weighted by Gasteiger charge is 2.24. The van der Waals surface area contributed by atoms with Crippen molar-refractivity contribution in [3.8, 4) is 22.3 Å². The number of hydrogen-bond acceptors (Lipinski definition) is 0. The number of hydrogen-bond donors (Lipinski definition) is 0. The second kappa shape index (κ2) is 16.4. The molecule has 0 heterocycles. The minimum absolute atomic E-state index is 1.09. The lowest BCUT2D eigenvalue weighted by atomic mass is 9.98. The van der Waals surface area contributed by atoms with Crippen LogP contribution in [0, 0.1) is 0 Å². The topological polar surface area (TPSA) is 0 Å². The maximum Gasteiger partial charge on any atom is -0.00133 e. The zero-order chi connectivity index (χ0) is 23.8. The SMILES string of the molecule is CC.CC.CC.CC.CCC.c1ccc2c(c1)Cc1cc3c(cc1-2)-c1ccccc1C3. The molecule has 5 rings (SSSR count). The highest BCUT2D eigenvalue weighted by Crippen LogP contribution is 2.44. The maximum atomic E-state index is 2.44. The Hall–Kier alpha value is -2.34. The summed E-state index contributed by atoms with van der Waals surface area (Å²) in [7, 11) is 0. The molecular formula is C31H46. The van der Waals surface area contributed by atoms with Gasteiger partial charge in [-0.25, -0.2) is 0 Å². The van der Waals surface area contributed by atoms with Gasteiger partial charge in [-0.05, 0) is 63.4 Å². The van der Waals surface area contributed by atoms with Gasteiger partial charge in [-0.2, -0.15) is 0 Å². The predicted molar refractivity (Wildman–Crippen MR) is 144 cm³/mol. The molecule has 0 spiro atoms. The third-order valence-corrected chi connectivity index (χ3v) is 4.71. The van der Waals surface area contributed by atoms with Crippen molar-refractivity contribution >= 4 is 0 Å². The summed E-state index contributed by atoms with van der Waals surface area (Å²) in [4.78, 5) is 0. The first-order valence-electron chi connectivity index (χ1n) is 12.6. The second-order valence-electron chi connectivity index (χ2n) is 6.54. The molecule has 0 aliphatic heterocycles. The van der Waals surface area contributed by atoms with Gasteiger partial charge in [-0.3, -0.25) is 0 Å². The van der Waals surface area contributed by atoms with Crippen LogP contribution in [0.15, 0.2) is 60.7 Å². The fourth-order valence-electron chi connectivity index (χ4n) is 3.77. The predicted octanol–water partition coefficient (Wildman–Crippen LogP) is 10.4. The summed E-state index contributed by atoms with van der Waals surface area (Å²) in [6.07, 6.45) is 3.43. The van der Waals surface area contributed by atoms with Crippen LogP contribution in [0.25, 0.3) is 22.3 Å². The summed E-state index contributed by atoms with van der Waals surface area (Å²) in [6.45, 7) is 20.2. The summed E-state index contributed by atoms with van der Waals surface area (Å²) in [5.41, 5.74) is 11.7. The number of fused-ring (bicyclic) bond motifs is 6. The van der Waals surface area contributed by atoms with Crippen molar-refractivity contribution < 1.29 is 0 Å². The molecule has 0 fully saturated rings. The van der Waals surface area contributed by atoms with Gasteiger partial charge >= 0.3 is 0 Å². The van der Waals surface area contributed by atoms with Crippen LogP contribution in [0.3, 0.4) is 0 Å². The van der Waals surface area contributed by atoms with Crippen LogP contribution < -0.4 is 0 Å². The van der Waals surface area contributed by atoms with Gasteiger partial charge in [0.1, 0.15) is 0 Å². The Balaban J connectivity index is 0.000000717. The van der Waals surface area contributed by atoms with Gasteiger partial charge in [0.2, 0.25) is 0 Å². The Bertz CT molecular complexity index is 802. The molecule has 2 aliphatic rings. The van der Waals surface area contributed by atoms with E-state index in [1.54, 1.807) is 0 Å². The van der Waals surface area contributed by atoms with E-state index in [1.165, 1.54) is 50.9 Å². The monoisotopic (exact) mass is 418 g/mol. The van der Waals surface area contributed by atoms with Crippen molar-refractivity contribution in [1.29, 1.82) is 0 Å². The number of benzene rings is 3. The first-order chi connectivity index (χ1) is 15.3. The molecule has 0 atom stereocenters. The lowest BCUT2D eigenvalue weighted by Crippen LogP contribution is -1.86. The smallest absolute Gasteiger partial charge is 0.00133 e. The molecule has 0 nitrogen and oxygen atoms in total. The van der Waals surface area contributed by atoms with Gasteiger partial charge in [-0.1, -0.05) is 130 Å². The Morgan fingerprint density at radius 1 is 0.452 bits per heavy atom. The zero-order valence-electron chi connectivity index (χ0n) is 21.9. The molecule has 0 saturated carbocycles. The van der Waals surface area contributed by atoms with Gasteiger partial charge in [0.15, 0.2) is 0 Å². The Labute approximate surface area is 193 Å². The Morgan fingerprint density at radius 3 is 1.13 bits per heavy atom. The van der Waals surface area contributed by atoms with Gasteiger partial charge in [0.05, 0.1) is 0 Å². The molecule has 0 amide bonds. The van der Waals surface area contributed by atoms with E-state index in [4.69, 9.17) is 0 Å². The molecule has 0 unspecified atom stereocenters. The van der Waals surface area contributed by atoms with Crippen molar-refractivity contribution in [2.24, 2.45) is 0 Å². The van der Waals surface area contributed by atoms with E-state index in [0.29, 0.717) is 0 Å². The van der Waals surface area contributed by atoms with E-state index in [0.717, 1.165) is 12.8 Å². The van der Waals surface area contributed by atoms with Crippen molar-refractivity contribution in [2.45, 2.75) is 88.5 Å². The van der Waals surface area contributed by atoms with Gasteiger partial charge in [-0.15, -0.1) is 0 Å². The van der Waals surface area contributed by atoms with Crippen LogP contribution in [-0.4, -0.2) is 0 Å². The molecule has 3 aromatic carbocycles. The third kappa shape index (κ3) is 6.82. The second-order valence-corrected chi connectivity index (χ2v) is 6.54. The van der Waals surface area contributed by atoms with Crippen LogP contribution >= 0.6 is 0 Å². The molecule has 3 aromatic rings. The van der Waals surface area contributed by atoms with Crippen LogP contribution in [0.4, 0.5) is 0 Å². The first kappa shape index (κ1) is 28.7. The maximum absolute atomic E-state index is 2.44. The third-order valence-electron chi connectivity index (χ3n) is 4.71. The summed E-state index contributed by atoms with van der Waals surface area (Å²) in [5.74, 6) is 0. The van der Waals surface area contributed by atoms with Crippen LogP contribution in [0.2, 0.25) is 0 Å². The van der Waals surface area contributed by atoms with Crippen LogP contribution in [0.1, 0.15) is 97.9 Å². The fraction of sp³-hybridized carbons (Fsp3) is 0.419. The largest absolute Gasteiger partial charge is 0.0683 e. The summed E-state index contributed by atoms with van der Waals surface area (Å²) in [5, 5.41) is 0. The summed E-state index contributed by atoms with van der Waals surface area (Å²) >= 11 is 0. The van der Waals surface area contributed by atoms with E-state index in [-0.39, 0.29) is 0 Å². The van der Waals surface area contributed by atoms with E-state index in [9.17, 15) is 0 Å². The van der Waals surface area contributed by atoms with Crippen molar-refractivity contribution in [2.75, 3.05) is 0 Å². The number of rotatable bonds is 0. The lowest BCUT2D eigenvalue weighted by Gasteiger charge is -2.06. The molecule has 170 valence electrons. The average molecular weight is 419 g/mol. The summed E-state index contributed by atoms with van der Waals surface area (Å²) in [6, 6.07) is 22.5. The van der Waals surface area contributed by atoms with Crippen LogP contribution in [0.5, 0.6) is 0 Å². The molecule has 0 radical (unpaired) electrons. The Kier molecular flexibility index (Phi) is 15.1. The quantitative estimate of drug-likeness (QED) is 0.234. The molecule has 2 aliphatic carbocycles. The van der Waals surface area contributed by atoms with Gasteiger partial charge in [0, 0.05) is 0 Å². The standard InChI is InChI=1S/C20H14.C3H8.4C2H6/c1-3-7-17-13(5-1)9-15-11-16-10-14-6-2-4-8-18(14)20(16)12-19(15)17;1-3-2;4*1-2/h1-8,11-12H,9-10H2;3H2,1-2H3;4*1-2H3. The molecule has 0 saturated heterocycles. The molecule has 0 bridgehead atoms. The molecule has 0 aromatic heterocycles. The van der Waals surface area contributed by atoms with Crippen molar-refractivity contribution in [3.05, 3.63) is 82.9 Å². The first-order valence-corrected chi connectivity index (χ1v) is 12.6. The highest BCUT2D eigenvalue weighted by molar-refractivity contribution is 5.86. The average Bonchev–Trinajstić information content (AvgIpc) is 3.40. The van der Waals surface area contributed by atoms with Crippen molar-refractivity contribution in [3.63, 3.8) is 0 Å². The zero-order valence-corrected chi connectivity index (χ0v) is 21.9. The van der Waals surface area contributed by atoms with Gasteiger partial charge < -0.3 is 0 Å². The van der Waals surface area contributed by atoms with E-state index in [1.807, 2.05) is 55.4 Å².